The molecule has 4 rings (SSSR count). The molecule has 0 bridgehead atoms. The summed E-state index contributed by atoms with van der Waals surface area (Å²) in [7, 11) is 2.05. The zero-order valence-corrected chi connectivity index (χ0v) is 17.7. The van der Waals surface area contributed by atoms with E-state index in [9.17, 15) is 4.79 Å². The maximum Gasteiger partial charge on any atom is 0.244 e. The van der Waals surface area contributed by atoms with Gasteiger partial charge in [-0.15, -0.1) is 0 Å². The minimum atomic E-state index is -0.318. The molecule has 2 aromatic rings. The van der Waals surface area contributed by atoms with Crippen LogP contribution in [0.4, 0.5) is 5.69 Å². The average molecular weight is 410 g/mol. The normalized spacial score (nSPS) is 18.5. The van der Waals surface area contributed by atoms with E-state index in [-0.39, 0.29) is 11.9 Å². The number of carbonyl (C=O) groups excluding carboxylic acids is 1. The molecule has 0 saturated carbocycles. The van der Waals surface area contributed by atoms with Gasteiger partial charge >= 0.3 is 0 Å². The second-order valence-electron chi connectivity index (χ2n) is 7.89. The largest absolute Gasteiger partial charge is 0.378 e. The van der Waals surface area contributed by atoms with Gasteiger partial charge in [0.15, 0.2) is 0 Å². The lowest BCUT2D eigenvalue weighted by Gasteiger charge is -2.36. The van der Waals surface area contributed by atoms with E-state index in [1.165, 1.54) is 11.3 Å². The third kappa shape index (κ3) is 4.83. The molecule has 2 aliphatic heterocycles. The number of nitrogens with zero attached hydrogens (tertiary/aromatic N) is 3. The van der Waals surface area contributed by atoms with Gasteiger partial charge in [-0.2, -0.15) is 0 Å². The molecule has 30 heavy (non-hydrogen) atoms. The lowest BCUT2D eigenvalue weighted by Crippen LogP contribution is -2.46. The predicted molar refractivity (Wildman–Crippen MR) is 118 cm³/mol. The molecule has 0 radical (unpaired) electrons. The minimum Gasteiger partial charge on any atom is -0.378 e. The van der Waals surface area contributed by atoms with Crippen molar-refractivity contribution in [3.8, 4) is 0 Å². The van der Waals surface area contributed by atoms with Crippen LogP contribution in [0.1, 0.15) is 17.2 Å². The molecule has 2 heterocycles. The van der Waals surface area contributed by atoms with Crippen LogP contribution in [0.25, 0.3) is 0 Å². The smallest absolute Gasteiger partial charge is 0.244 e. The Morgan fingerprint density at radius 3 is 2.20 bits per heavy atom. The van der Waals surface area contributed by atoms with Gasteiger partial charge in [0.2, 0.25) is 5.91 Å². The molecule has 1 atom stereocenters. The first-order valence-electron chi connectivity index (χ1n) is 10.8. The molecule has 2 aromatic carbocycles. The molecule has 6 heteroatoms. The second-order valence-corrected chi connectivity index (χ2v) is 7.89. The van der Waals surface area contributed by atoms with Crippen molar-refractivity contribution in [3.05, 3.63) is 65.7 Å². The number of morpholine rings is 2. The van der Waals surface area contributed by atoms with E-state index in [2.05, 4.69) is 34.1 Å². The lowest BCUT2D eigenvalue weighted by atomic mass is 10.0. The molecule has 6 nitrogen and oxygen atoms in total. The zero-order valence-electron chi connectivity index (χ0n) is 17.7. The molecule has 0 aromatic heterocycles. The van der Waals surface area contributed by atoms with E-state index in [1.807, 2.05) is 42.3 Å². The highest BCUT2D eigenvalue weighted by Crippen LogP contribution is 2.28. The summed E-state index contributed by atoms with van der Waals surface area (Å²) in [4.78, 5) is 20.0. The summed E-state index contributed by atoms with van der Waals surface area (Å²) in [5.41, 5.74) is 3.50. The summed E-state index contributed by atoms with van der Waals surface area (Å²) < 4.78 is 11.0. The van der Waals surface area contributed by atoms with Crippen LogP contribution in [0.5, 0.6) is 0 Å². The Kier molecular flexibility index (Phi) is 7.00. The molecule has 160 valence electrons. The third-order valence-corrected chi connectivity index (χ3v) is 5.88. The summed E-state index contributed by atoms with van der Waals surface area (Å²) >= 11 is 0. The van der Waals surface area contributed by atoms with Gasteiger partial charge in [-0.05, 0) is 24.2 Å². The number of carbonyl (C=O) groups is 1. The van der Waals surface area contributed by atoms with E-state index < -0.39 is 0 Å². The van der Waals surface area contributed by atoms with Crippen molar-refractivity contribution in [2.75, 3.05) is 64.6 Å². The Hall–Kier alpha value is -2.41. The Morgan fingerprint density at radius 1 is 0.900 bits per heavy atom. The van der Waals surface area contributed by atoms with Crippen molar-refractivity contribution in [3.63, 3.8) is 0 Å². The van der Waals surface area contributed by atoms with E-state index in [4.69, 9.17) is 9.47 Å². The predicted octanol–water partition coefficient (Wildman–Crippen LogP) is 2.56. The quantitative estimate of drug-likeness (QED) is 0.734. The van der Waals surface area contributed by atoms with E-state index in [0.717, 1.165) is 31.9 Å². The fraction of sp³-hybridized carbons (Fsp3) is 0.458. The first-order valence-corrected chi connectivity index (χ1v) is 10.8. The maximum absolute atomic E-state index is 13.5. The summed E-state index contributed by atoms with van der Waals surface area (Å²) in [5, 5.41) is 0. The van der Waals surface area contributed by atoms with E-state index in [0.29, 0.717) is 32.8 Å². The van der Waals surface area contributed by atoms with Crippen molar-refractivity contribution >= 4 is 11.6 Å². The average Bonchev–Trinajstić information content (AvgIpc) is 2.81. The number of likely N-dealkylation sites (N-methyl/N-ethyl adjacent to an activating group) is 1. The minimum absolute atomic E-state index is 0.149. The van der Waals surface area contributed by atoms with Crippen LogP contribution in [0.2, 0.25) is 0 Å². The molecule has 0 N–H and O–H groups in total. The van der Waals surface area contributed by atoms with Crippen molar-refractivity contribution in [1.29, 1.82) is 0 Å². The molecule has 2 fully saturated rings. The number of amides is 1. The fourth-order valence-electron chi connectivity index (χ4n) is 4.29. The standard InChI is InChI=1S/C24H31N3O3/c1-25(19-21-9-5-6-10-22(21)26-11-15-29-16-12-26)23(20-7-3-2-4-8-20)24(28)27-13-17-30-18-14-27/h2-10,23H,11-19H2,1H3/t23-/m0/s1. The fourth-order valence-corrected chi connectivity index (χ4v) is 4.29. The third-order valence-electron chi connectivity index (χ3n) is 5.88. The van der Waals surface area contributed by atoms with Crippen LogP contribution in [-0.4, -0.2) is 75.4 Å². The summed E-state index contributed by atoms with van der Waals surface area (Å²) in [6, 6.07) is 18.3. The Balaban J connectivity index is 1.58. The van der Waals surface area contributed by atoms with Crippen LogP contribution in [-0.2, 0) is 20.8 Å². The van der Waals surface area contributed by atoms with Gasteiger partial charge in [-0.3, -0.25) is 9.69 Å². The first kappa shape index (κ1) is 20.8. The van der Waals surface area contributed by atoms with Gasteiger partial charge in [0, 0.05) is 38.4 Å². The Bertz CT molecular complexity index is 817. The van der Waals surface area contributed by atoms with Crippen LogP contribution in [0.15, 0.2) is 54.6 Å². The van der Waals surface area contributed by atoms with E-state index in [1.54, 1.807) is 0 Å². The lowest BCUT2D eigenvalue weighted by molar-refractivity contribution is -0.141. The van der Waals surface area contributed by atoms with Crippen LogP contribution >= 0.6 is 0 Å². The number of ether oxygens (including phenoxy) is 2. The SMILES string of the molecule is CN(Cc1ccccc1N1CCOCC1)[C@H](C(=O)N1CCOCC1)c1ccccc1. The number of hydrogen-bond donors (Lipinski definition) is 0. The molecule has 1 amide bonds. The number of rotatable bonds is 6. The number of anilines is 1. The zero-order chi connectivity index (χ0) is 20.8. The Labute approximate surface area is 179 Å². The number of benzene rings is 2. The van der Waals surface area contributed by atoms with E-state index >= 15 is 0 Å². The van der Waals surface area contributed by atoms with Gasteiger partial charge in [-0.25, -0.2) is 0 Å². The monoisotopic (exact) mass is 409 g/mol. The van der Waals surface area contributed by atoms with Crippen molar-refractivity contribution < 1.29 is 14.3 Å². The highest BCUT2D eigenvalue weighted by atomic mass is 16.5. The summed E-state index contributed by atoms with van der Waals surface area (Å²) in [6.45, 7) is 6.53. The van der Waals surface area contributed by atoms with Gasteiger partial charge in [0.25, 0.3) is 0 Å². The number of hydrogen-bond acceptors (Lipinski definition) is 5. The number of para-hydroxylation sites is 1. The van der Waals surface area contributed by atoms with Gasteiger partial charge in [0.05, 0.1) is 26.4 Å². The van der Waals surface area contributed by atoms with Gasteiger partial charge in [0.1, 0.15) is 6.04 Å². The Morgan fingerprint density at radius 2 is 1.50 bits per heavy atom. The highest BCUT2D eigenvalue weighted by Gasteiger charge is 2.31. The maximum atomic E-state index is 13.5. The van der Waals surface area contributed by atoms with Crippen LogP contribution < -0.4 is 4.90 Å². The molecular weight excluding hydrogens is 378 g/mol. The molecule has 0 unspecified atom stereocenters. The van der Waals surface area contributed by atoms with Gasteiger partial charge in [-0.1, -0.05) is 48.5 Å². The van der Waals surface area contributed by atoms with Crippen molar-refractivity contribution in [2.24, 2.45) is 0 Å². The second kappa shape index (κ2) is 10.1. The topological polar surface area (TPSA) is 45.2 Å². The highest BCUT2D eigenvalue weighted by molar-refractivity contribution is 5.83. The molecule has 0 aliphatic carbocycles. The van der Waals surface area contributed by atoms with Crippen LogP contribution in [0.3, 0.4) is 0 Å². The van der Waals surface area contributed by atoms with Crippen molar-refractivity contribution in [1.82, 2.24) is 9.80 Å². The summed E-state index contributed by atoms with van der Waals surface area (Å²) in [6.07, 6.45) is 0. The molecule has 2 saturated heterocycles. The molecule has 2 aliphatic rings. The molecular formula is C24H31N3O3. The summed E-state index contributed by atoms with van der Waals surface area (Å²) in [5.74, 6) is 0.149. The van der Waals surface area contributed by atoms with Crippen molar-refractivity contribution in [2.45, 2.75) is 12.6 Å². The molecule has 0 spiro atoms. The first-order chi connectivity index (χ1) is 14.7. The van der Waals surface area contributed by atoms with Crippen LogP contribution in [0, 0.1) is 0 Å². The van der Waals surface area contributed by atoms with Gasteiger partial charge < -0.3 is 19.3 Å².